The van der Waals surface area contributed by atoms with E-state index in [1.54, 1.807) is 6.07 Å². The van der Waals surface area contributed by atoms with Crippen LogP contribution >= 0.6 is 11.6 Å². The number of nitrogens with zero attached hydrogens (tertiary/aromatic N) is 1. The van der Waals surface area contributed by atoms with Gasteiger partial charge >= 0.3 is 0 Å². The molecule has 1 aliphatic rings. The van der Waals surface area contributed by atoms with Gasteiger partial charge in [0.1, 0.15) is 5.82 Å². The molecule has 0 aromatic heterocycles. The Labute approximate surface area is 113 Å². The molecule has 0 aliphatic carbocycles. The summed E-state index contributed by atoms with van der Waals surface area (Å²) in [5, 5.41) is 3.85. The number of halogens is 2. The van der Waals surface area contributed by atoms with E-state index in [9.17, 15) is 4.39 Å². The van der Waals surface area contributed by atoms with Crippen molar-refractivity contribution in [3.63, 3.8) is 0 Å². The molecule has 0 bridgehead atoms. The lowest BCUT2D eigenvalue weighted by atomic mass is 10.2. The highest BCUT2D eigenvalue weighted by Crippen LogP contribution is 2.16. The van der Waals surface area contributed by atoms with Gasteiger partial charge in [0.05, 0.1) is 0 Å². The van der Waals surface area contributed by atoms with Gasteiger partial charge in [-0.05, 0) is 63.1 Å². The average molecular weight is 271 g/mol. The Bertz CT molecular complexity index is 378. The summed E-state index contributed by atoms with van der Waals surface area (Å²) in [6.07, 6.45) is 3.84. The molecule has 100 valence electrons. The summed E-state index contributed by atoms with van der Waals surface area (Å²) in [6, 6.07) is 4.56. The normalized spacial score (nSPS) is 16.3. The minimum atomic E-state index is -0.280. The first-order valence-corrected chi connectivity index (χ1v) is 7.00. The zero-order valence-electron chi connectivity index (χ0n) is 10.6. The van der Waals surface area contributed by atoms with E-state index < -0.39 is 0 Å². The lowest BCUT2D eigenvalue weighted by Gasteiger charge is -2.14. The standard InChI is InChI=1S/C14H20ClFN2/c15-14-10-13(16)5-4-12(14)11-17-6-3-9-18-7-1-2-8-18/h4-5,10,17H,1-3,6-9,11H2. The molecule has 1 N–H and O–H groups in total. The van der Waals surface area contributed by atoms with Crippen LogP contribution in [-0.4, -0.2) is 31.1 Å². The molecule has 0 amide bonds. The van der Waals surface area contributed by atoms with Crippen molar-refractivity contribution in [3.8, 4) is 0 Å². The monoisotopic (exact) mass is 270 g/mol. The van der Waals surface area contributed by atoms with Gasteiger partial charge in [-0.3, -0.25) is 0 Å². The molecule has 2 rings (SSSR count). The summed E-state index contributed by atoms with van der Waals surface area (Å²) in [6.45, 7) is 5.36. The first-order valence-electron chi connectivity index (χ1n) is 6.63. The first kappa shape index (κ1) is 13.8. The predicted octanol–water partition coefficient (Wildman–Crippen LogP) is 3.05. The first-order chi connectivity index (χ1) is 8.75. The highest BCUT2D eigenvalue weighted by atomic mass is 35.5. The summed E-state index contributed by atoms with van der Waals surface area (Å²) in [7, 11) is 0. The van der Waals surface area contributed by atoms with E-state index in [4.69, 9.17) is 11.6 Å². The Morgan fingerprint density at radius 2 is 2.06 bits per heavy atom. The van der Waals surface area contributed by atoms with Gasteiger partial charge in [0, 0.05) is 11.6 Å². The Kier molecular flexibility index (Phi) is 5.42. The van der Waals surface area contributed by atoms with Gasteiger partial charge in [-0.25, -0.2) is 4.39 Å². The van der Waals surface area contributed by atoms with Crippen molar-refractivity contribution in [2.45, 2.75) is 25.8 Å². The molecule has 1 fully saturated rings. The zero-order chi connectivity index (χ0) is 12.8. The summed E-state index contributed by atoms with van der Waals surface area (Å²) < 4.78 is 12.9. The zero-order valence-corrected chi connectivity index (χ0v) is 11.3. The third-order valence-corrected chi connectivity index (χ3v) is 3.71. The van der Waals surface area contributed by atoms with Gasteiger partial charge < -0.3 is 10.2 Å². The van der Waals surface area contributed by atoms with E-state index in [1.165, 1.54) is 44.6 Å². The fraction of sp³-hybridized carbons (Fsp3) is 0.571. The van der Waals surface area contributed by atoms with Gasteiger partial charge in [0.2, 0.25) is 0 Å². The van der Waals surface area contributed by atoms with Gasteiger partial charge in [0.15, 0.2) is 0 Å². The van der Waals surface area contributed by atoms with Crippen LogP contribution in [0.5, 0.6) is 0 Å². The molecule has 0 unspecified atom stereocenters. The van der Waals surface area contributed by atoms with Crippen LogP contribution in [0.25, 0.3) is 0 Å². The van der Waals surface area contributed by atoms with Crippen LogP contribution in [-0.2, 0) is 6.54 Å². The fourth-order valence-corrected chi connectivity index (χ4v) is 2.56. The number of benzene rings is 1. The van der Waals surface area contributed by atoms with Crippen molar-refractivity contribution in [1.82, 2.24) is 10.2 Å². The largest absolute Gasteiger partial charge is 0.313 e. The van der Waals surface area contributed by atoms with Crippen molar-refractivity contribution in [2.24, 2.45) is 0 Å². The summed E-state index contributed by atoms with van der Waals surface area (Å²) in [5.41, 5.74) is 0.958. The lowest BCUT2D eigenvalue weighted by molar-refractivity contribution is 0.331. The molecule has 2 nitrogen and oxygen atoms in total. The van der Waals surface area contributed by atoms with Crippen molar-refractivity contribution in [3.05, 3.63) is 34.6 Å². The van der Waals surface area contributed by atoms with Crippen LogP contribution in [0.3, 0.4) is 0 Å². The van der Waals surface area contributed by atoms with Crippen LogP contribution in [0, 0.1) is 5.82 Å². The third kappa shape index (κ3) is 4.23. The molecule has 0 radical (unpaired) electrons. The minimum Gasteiger partial charge on any atom is -0.313 e. The predicted molar refractivity (Wildman–Crippen MR) is 73.4 cm³/mol. The molecule has 0 spiro atoms. The number of hydrogen-bond acceptors (Lipinski definition) is 2. The second kappa shape index (κ2) is 7.07. The average Bonchev–Trinajstić information content (AvgIpc) is 2.84. The highest BCUT2D eigenvalue weighted by molar-refractivity contribution is 6.31. The quantitative estimate of drug-likeness (QED) is 0.800. The van der Waals surface area contributed by atoms with Gasteiger partial charge in [0.25, 0.3) is 0 Å². The number of rotatable bonds is 6. The van der Waals surface area contributed by atoms with Crippen LogP contribution in [0.4, 0.5) is 4.39 Å². The van der Waals surface area contributed by atoms with E-state index in [2.05, 4.69) is 10.2 Å². The van der Waals surface area contributed by atoms with E-state index in [0.717, 1.165) is 18.5 Å². The van der Waals surface area contributed by atoms with Crippen LogP contribution < -0.4 is 5.32 Å². The van der Waals surface area contributed by atoms with E-state index >= 15 is 0 Å². The Balaban J connectivity index is 1.62. The molecular formula is C14H20ClFN2. The molecule has 0 atom stereocenters. The summed E-state index contributed by atoms with van der Waals surface area (Å²) >= 11 is 5.96. The maximum Gasteiger partial charge on any atom is 0.124 e. The van der Waals surface area contributed by atoms with E-state index in [-0.39, 0.29) is 5.82 Å². The van der Waals surface area contributed by atoms with Crippen LogP contribution in [0.1, 0.15) is 24.8 Å². The molecule has 18 heavy (non-hydrogen) atoms. The molecule has 0 saturated carbocycles. The van der Waals surface area contributed by atoms with Gasteiger partial charge in [-0.1, -0.05) is 17.7 Å². The SMILES string of the molecule is Fc1ccc(CNCCCN2CCCC2)c(Cl)c1. The molecule has 1 saturated heterocycles. The summed E-state index contributed by atoms with van der Waals surface area (Å²) in [5.74, 6) is -0.280. The maximum absolute atomic E-state index is 12.9. The smallest absolute Gasteiger partial charge is 0.124 e. The second-order valence-corrected chi connectivity index (χ2v) is 5.22. The summed E-state index contributed by atoms with van der Waals surface area (Å²) in [4.78, 5) is 2.51. The molecule has 1 aliphatic heterocycles. The fourth-order valence-electron chi connectivity index (χ4n) is 2.32. The van der Waals surface area contributed by atoms with E-state index in [1.807, 2.05) is 0 Å². The second-order valence-electron chi connectivity index (χ2n) is 4.81. The van der Waals surface area contributed by atoms with Crippen molar-refractivity contribution < 1.29 is 4.39 Å². The number of likely N-dealkylation sites (tertiary alicyclic amines) is 1. The maximum atomic E-state index is 12.9. The third-order valence-electron chi connectivity index (χ3n) is 3.36. The van der Waals surface area contributed by atoms with Gasteiger partial charge in [-0.2, -0.15) is 0 Å². The van der Waals surface area contributed by atoms with E-state index in [0.29, 0.717) is 11.6 Å². The minimum absolute atomic E-state index is 0.280. The Morgan fingerprint density at radius 1 is 1.28 bits per heavy atom. The molecular weight excluding hydrogens is 251 g/mol. The Morgan fingerprint density at radius 3 is 2.78 bits per heavy atom. The van der Waals surface area contributed by atoms with Crippen molar-refractivity contribution >= 4 is 11.6 Å². The molecule has 1 aromatic carbocycles. The molecule has 4 heteroatoms. The highest BCUT2D eigenvalue weighted by Gasteiger charge is 2.10. The number of nitrogens with one attached hydrogen (secondary N) is 1. The van der Waals surface area contributed by atoms with Gasteiger partial charge in [-0.15, -0.1) is 0 Å². The van der Waals surface area contributed by atoms with Crippen LogP contribution in [0.15, 0.2) is 18.2 Å². The molecule has 1 aromatic rings. The van der Waals surface area contributed by atoms with Crippen molar-refractivity contribution in [2.75, 3.05) is 26.2 Å². The van der Waals surface area contributed by atoms with Crippen molar-refractivity contribution in [1.29, 1.82) is 0 Å². The Hall–Kier alpha value is -0.640. The van der Waals surface area contributed by atoms with Crippen LogP contribution in [0.2, 0.25) is 5.02 Å². The number of hydrogen-bond donors (Lipinski definition) is 1. The topological polar surface area (TPSA) is 15.3 Å². The molecule has 1 heterocycles. The lowest BCUT2D eigenvalue weighted by Crippen LogP contribution is -2.24.